The molecule has 0 bridgehead atoms. The van der Waals surface area contributed by atoms with Crippen molar-refractivity contribution >= 4 is 52.5 Å². The van der Waals surface area contributed by atoms with Crippen molar-refractivity contribution in [3.05, 3.63) is 39.1 Å². The summed E-state index contributed by atoms with van der Waals surface area (Å²) in [6.45, 7) is 3.81. The number of benzene rings is 1. The molecule has 1 unspecified atom stereocenters. The molecular formula is C22H18Cl2F9N5O4. The lowest BCUT2D eigenvalue weighted by atomic mass is 10.1. The molecule has 2 aliphatic rings. The Kier molecular flexibility index (Phi) is 8.79. The fourth-order valence-electron chi connectivity index (χ4n) is 3.63. The van der Waals surface area contributed by atoms with Gasteiger partial charge in [0, 0.05) is 6.92 Å². The van der Waals surface area contributed by atoms with Crippen molar-refractivity contribution in [3.63, 3.8) is 0 Å². The van der Waals surface area contributed by atoms with Gasteiger partial charge in [0.15, 0.2) is 18.6 Å². The Balaban J connectivity index is 2.41. The molecule has 1 N–H and O–H groups in total. The number of ether oxygens (including phenoxy) is 2. The standard InChI is InChI=1S/C22H18Cl2F9N5O4/c1-8(39)41-7-37-15-12(14(21(28,29)30)34-17(35-15)22(31,32)33)16(36-18(40)42-19(2,3)4)38(37)13-10(23)5-9(6-11(13)24)20(25,26)27/h5-6,15H,7H2,1-4H3,(H,36,40). The van der Waals surface area contributed by atoms with Crippen molar-refractivity contribution in [2.75, 3.05) is 11.7 Å². The number of esters is 1. The van der Waals surface area contributed by atoms with Crippen molar-refractivity contribution < 1.29 is 58.6 Å². The maximum atomic E-state index is 14.2. The molecule has 42 heavy (non-hydrogen) atoms. The fraction of sp³-hybridized carbons (Fsp3) is 0.455. The largest absolute Gasteiger partial charge is 0.451 e. The molecule has 20 heteroatoms. The van der Waals surface area contributed by atoms with Gasteiger partial charge in [-0.2, -0.15) is 39.5 Å². The number of carbonyl (C=O) groups is 2. The maximum absolute atomic E-state index is 14.2. The van der Waals surface area contributed by atoms with E-state index in [0.717, 1.165) is 6.92 Å². The van der Waals surface area contributed by atoms with E-state index in [2.05, 4.69) is 9.98 Å². The van der Waals surface area contributed by atoms with E-state index in [1.165, 1.54) is 20.8 Å². The predicted octanol–water partition coefficient (Wildman–Crippen LogP) is 6.61. The van der Waals surface area contributed by atoms with E-state index < -0.39 is 93.3 Å². The van der Waals surface area contributed by atoms with Crippen LogP contribution in [-0.2, 0) is 20.4 Å². The van der Waals surface area contributed by atoms with Crippen LogP contribution in [-0.4, -0.2) is 59.5 Å². The number of nitrogens with one attached hydrogen (secondary N) is 1. The van der Waals surface area contributed by atoms with E-state index in [9.17, 15) is 49.1 Å². The molecule has 0 aliphatic carbocycles. The van der Waals surface area contributed by atoms with Crippen LogP contribution < -0.4 is 10.3 Å². The van der Waals surface area contributed by atoms with Crippen LogP contribution in [0.15, 0.2) is 33.5 Å². The molecule has 2 aliphatic heterocycles. The number of alkyl carbamates (subject to hydrolysis) is 1. The van der Waals surface area contributed by atoms with Gasteiger partial charge in [0.1, 0.15) is 11.4 Å². The average molecular weight is 658 g/mol. The van der Waals surface area contributed by atoms with Crippen LogP contribution >= 0.6 is 23.2 Å². The molecule has 1 aromatic rings. The van der Waals surface area contributed by atoms with Gasteiger partial charge in [0.05, 0.1) is 26.9 Å². The molecule has 0 radical (unpaired) electrons. The van der Waals surface area contributed by atoms with Gasteiger partial charge in [-0.15, -0.1) is 5.01 Å². The number of hydrazine groups is 1. The average Bonchev–Trinajstić information content (AvgIpc) is 3.06. The second kappa shape index (κ2) is 11.1. The third kappa shape index (κ3) is 7.20. The molecular weight excluding hydrogens is 640 g/mol. The lowest BCUT2D eigenvalue weighted by molar-refractivity contribution is -0.146. The Morgan fingerprint density at radius 2 is 1.50 bits per heavy atom. The first-order valence-corrected chi connectivity index (χ1v) is 12.0. The molecule has 1 amide bonds. The Morgan fingerprint density at radius 3 is 1.93 bits per heavy atom. The van der Waals surface area contributed by atoms with Gasteiger partial charge in [-0.1, -0.05) is 23.2 Å². The lowest BCUT2D eigenvalue weighted by Crippen LogP contribution is -2.48. The minimum absolute atomic E-state index is 0.327. The van der Waals surface area contributed by atoms with Crippen molar-refractivity contribution in [3.8, 4) is 0 Å². The molecule has 9 nitrogen and oxygen atoms in total. The molecule has 0 spiro atoms. The Hall–Kier alpha value is -3.25. The maximum Gasteiger partial charge on any atom is 0.451 e. The summed E-state index contributed by atoms with van der Waals surface area (Å²) >= 11 is 12.2. The first-order valence-electron chi connectivity index (χ1n) is 11.2. The molecule has 0 aromatic heterocycles. The highest BCUT2D eigenvalue weighted by molar-refractivity contribution is 6.39. The summed E-state index contributed by atoms with van der Waals surface area (Å²) in [5.41, 5.74) is -6.81. The number of amides is 1. The van der Waals surface area contributed by atoms with Crippen molar-refractivity contribution in [1.82, 2.24) is 10.3 Å². The zero-order valence-electron chi connectivity index (χ0n) is 21.5. The lowest BCUT2D eigenvalue weighted by Gasteiger charge is -2.35. The van der Waals surface area contributed by atoms with E-state index in [-0.39, 0.29) is 0 Å². The van der Waals surface area contributed by atoms with Crippen molar-refractivity contribution in [2.45, 2.75) is 58.0 Å². The fourth-order valence-corrected chi connectivity index (χ4v) is 4.28. The van der Waals surface area contributed by atoms with Gasteiger partial charge in [0.25, 0.3) is 0 Å². The molecule has 0 fully saturated rings. The highest BCUT2D eigenvalue weighted by Crippen LogP contribution is 2.47. The minimum atomic E-state index is -5.61. The van der Waals surface area contributed by atoms with Crippen molar-refractivity contribution in [2.24, 2.45) is 9.98 Å². The van der Waals surface area contributed by atoms with Crippen LogP contribution in [0.3, 0.4) is 0 Å². The van der Waals surface area contributed by atoms with Crippen LogP contribution in [0.25, 0.3) is 0 Å². The molecule has 1 atom stereocenters. The van der Waals surface area contributed by atoms with Crippen molar-refractivity contribution in [1.29, 1.82) is 0 Å². The van der Waals surface area contributed by atoms with Gasteiger partial charge in [-0.25, -0.2) is 19.8 Å². The van der Waals surface area contributed by atoms with E-state index in [1.807, 2.05) is 5.32 Å². The topological polar surface area (TPSA) is 95.8 Å². The summed E-state index contributed by atoms with van der Waals surface area (Å²) in [5.74, 6) is -4.37. The highest BCUT2D eigenvalue weighted by atomic mass is 35.5. The number of hydrogen-bond donors (Lipinski definition) is 1. The van der Waals surface area contributed by atoms with Gasteiger partial charge in [-0.3, -0.25) is 10.1 Å². The number of nitrogens with zero attached hydrogens (tertiary/aromatic N) is 4. The third-order valence-electron chi connectivity index (χ3n) is 5.08. The van der Waals surface area contributed by atoms with E-state index in [1.54, 1.807) is 0 Å². The molecule has 2 heterocycles. The number of alkyl halides is 9. The number of halogens is 11. The Labute approximate surface area is 240 Å². The van der Waals surface area contributed by atoms with Gasteiger partial charge in [0.2, 0.25) is 5.84 Å². The van der Waals surface area contributed by atoms with Gasteiger partial charge < -0.3 is 9.47 Å². The van der Waals surface area contributed by atoms with Crippen LogP contribution in [0.2, 0.25) is 10.0 Å². The number of rotatable bonds is 4. The number of aliphatic imine (C=N–C) groups is 2. The number of hydrogen-bond acceptors (Lipinski definition) is 8. The monoisotopic (exact) mass is 657 g/mol. The first kappa shape index (κ1) is 33.3. The van der Waals surface area contributed by atoms with E-state index in [0.29, 0.717) is 22.2 Å². The molecule has 0 saturated heterocycles. The number of amidine groups is 1. The summed E-state index contributed by atoms with van der Waals surface area (Å²) in [7, 11) is 0. The second-order valence-corrected chi connectivity index (χ2v) is 10.3. The number of carbonyl (C=O) groups excluding carboxylic acids is 2. The quantitative estimate of drug-likeness (QED) is 0.289. The summed E-state index contributed by atoms with van der Waals surface area (Å²) in [6, 6.07) is 0.654. The number of fused-ring (bicyclic) bond motifs is 1. The summed E-state index contributed by atoms with van der Waals surface area (Å²) in [5, 5.41) is 1.06. The predicted molar refractivity (Wildman–Crippen MR) is 130 cm³/mol. The smallest absolute Gasteiger partial charge is 0.448 e. The second-order valence-electron chi connectivity index (χ2n) is 9.47. The molecule has 0 saturated carbocycles. The van der Waals surface area contributed by atoms with Crippen LogP contribution in [0, 0.1) is 0 Å². The van der Waals surface area contributed by atoms with E-state index >= 15 is 0 Å². The third-order valence-corrected chi connectivity index (χ3v) is 5.66. The van der Waals surface area contributed by atoms with E-state index in [4.69, 9.17) is 32.7 Å². The molecule has 232 valence electrons. The zero-order valence-corrected chi connectivity index (χ0v) is 23.0. The summed E-state index contributed by atoms with van der Waals surface area (Å²) in [4.78, 5) is 30.2. The first-order chi connectivity index (χ1) is 18.9. The zero-order chi connectivity index (χ0) is 32.2. The number of anilines is 1. The Bertz CT molecular complexity index is 1360. The summed E-state index contributed by atoms with van der Waals surface area (Å²) in [6.07, 6.45) is -20.0. The summed E-state index contributed by atoms with van der Waals surface area (Å²) < 4.78 is 133. The SMILES string of the molecule is CC(=O)OCN1C2N=C(C(F)(F)F)N=C(C(F)(F)F)C2=C(NC(=O)OC(C)(C)C)N1c1c(Cl)cc(C(F)(F)F)cc1Cl. The normalized spacial score (nSPS) is 18.5. The Morgan fingerprint density at radius 1 is 0.952 bits per heavy atom. The van der Waals surface area contributed by atoms with Crippen LogP contribution in [0.4, 0.5) is 50.0 Å². The highest BCUT2D eigenvalue weighted by Gasteiger charge is 2.55. The minimum Gasteiger partial charge on any atom is -0.448 e. The molecule has 3 rings (SSSR count). The van der Waals surface area contributed by atoms with Crippen LogP contribution in [0.1, 0.15) is 33.3 Å². The molecule has 1 aromatic carbocycles. The van der Waals surface area contributed by atoms with Gasteiger partial charge in [-0.05, 0) is 32.9 Å². The van der Waals surface area contributed by atoms with Crippen LogP contribution in [0.5, 0.6) is 0 Å². The van der Waals surface area contributed by atoms with Gasteiger partial charge >= 0.3 is 30.6 Å².